The van der Waals surface area contributed by atoms with Gasteiger partial charge in [0, 0.05) is 60.5 Å². The predicted molar refractivity (Wildman–Crippen MR) is 145 cm³/mol. The Balaban J connectivity index is 2.00. The fourth-order valence-electron chi connectivity index (χ4n) is 4.63. The number of amides is 4. The smallest absolute Gasteiger partial charge is 0.338 e. The van der Waals surface area contributed by atoms with E-state index >= 15 is 0 Å². The number of hydrogen-bond acceptors (Lipinski definition) is 5. The Morgan fingerprint density at radius 2 is 2.03 bits per heavy atom. The molecule has 11 heteroatoms. The molecule has 0 aliphatic carbocycles. The maximum Gasteiger partial charge on any atom is 0.338 e. The molecule has 202 valence electrons. The van der Waals surface area contributed by atoms with Crippen molar-refractivity contribution in [1.29, 1.82) is 0 Å². The molecule has 2 aliphatic rings. The molecular formula is C26H35Cl2N5O4. The Hall–Kier alpha value is -2.75. The van der Waals surface area contributed by atoms with E-state index in [0.29, 0.717) is 53.1 Å². The first kappa shape index (κ1) is 28.8. The SMILES string of the molecule is C=CCN1C(=O)N[C@@H](c2ccc(Cl)cc2Cl)C(C(=O)OCC)=C1CN1CCN(C(=O)NC(C)C)[C@H](C)C1. The molecule has 1 aromatic carbocycles. The number of halogens is 2. The van der Waals surface area contributed by atoms with Crippen LogP contribution in [0.4, 0.5) is 9.59 Å². The van der Waals surface area contributed by atoms with Gasteiger partial charge in [-0.3, -0.25) is 9.80 Å². The van der Waals surface area contributed by atoms with E-state index in [1.807, 2.05) is 25.7 Å². The Morgan fingerprint density at radius 1 is 1.30 bits per heavy atom. The molecular weight excluding hydrogens is 517 g/mol. The summed E-state index contributed by atoms with van der Waals surface area (Å²) in [5, 5.41) is 6.62. The van der Waals surface area contributed by atoms with Crippen molar-refractivity contribution in [2.24, 2.45) is 0 Å². The second-order valence-electron chi connectivity index (χ2n) is 9.41. The van der Waals surface area contributed by atoms with E-state index < -0.39 is 12.0 Å². The van der Waals surface area contributed by atoms with Crippen molar-refractivity contribution in [3.05, 3.63) is 57.7 Å². The number of rotatable bonds is 8. The van der Waals surface area contributed by atoms with Gasteiger partial charge in [-0.1, -0.05) is 35.3 Å². The van der Waals surface area contributed by atoms with Crippen LogP contribution in [0.3, 0.4) is 0 Å². The number of piperazine rings is 1. The lowest BCUT2D eigenvalue weighted by Gasteiger charge is -2.43. The van der Waals surface area contributed by atoms with Crippen molar-refractivity contribution in [1.82, 2.24) is 25.3 Å². The van der Waals surface area contributed by atoms with Crippen molar-refractivity contribution in [3.63, 3.8) is 0 Å². The first-order chi connectivity index (χ1) is 17.6. The van der Waals surface area contributed by atoms with Gasteiger partial charge in [0.25, 0.3) is 0 Å². The summed E-state index contributed by atoms with van der Waals surface area (Å²) in [7, 11) is 0. The minimum absolute atomic E-state index is 0.0415. The molecule has 37 heavy (non-hydrogen) atoms. The lowest BCUT2D eigenvalue weighted by atomic mass is 9.93. The predicted octanol–water partition coefficient (Wildman–Crippen LogP) is 4.19. The summed E-state index contributed by atoms with van der Waals surface area (Å²) >= 11 is 12.6. The summed E-state index contributed by atoms with van der Waals surface area (Å²) in [6.45, 7) is 13.7. The van der Waals surface area contributed by atoms with Crippen LogP contribution in [0.2, 0.25) is 10.0 Å². The monoisotopic (exact) mass is 551 g/mol. The lowest BCUT2D eigenvalue weighted by Crippen LogP contribution is -2.58. The van der Waals surface area contributed by atoms with Crippen LogP contribution in [-0.4, -0.2) is 84.1 Å². The molecule has 0 aromatic heterocycles. The number of esters is 1. The van der Waals surface area contributed by atoms with Gasteiger partial charge in [0.05, 0.1) is 18.2 Å². The average molecular weight is 553 g/mol. The third kappa shape index (κ3) is 6.77. The van der Waals surface area contributed by atoms with Crippen molar-refractivity contribution in [3.8, 4) is 0 Å². The number of hydrogen-bond donors (Lipinski definition) is 2. The molecule has 0 saturated carbocycles. The third-order valence-corrected chi connectivity index (χ3v) is 6.84. The average Bonchev–Trinajstić information content (AvgIpc) is 2.81. The summed E-state index contributed by atoms with van der Waals surface area (Å²) in [4.78, 5) is 44.6. The maximum atomic E-state index is 13.3. The molecule has 0 radical (unpaired) electrons. The number of benzene rings is 1. The van der Waals surface area contributed by atoms with Gasteiger partial charge in [-0.25, -0.2) is 14.4 Å². The van der Waals surface area contributed by atoms with E-state index in [4.69, 9.17) is 27.9 Å². The van der Waals surface area contributed by atoms with Crippen LogP contribution in [0.1, 0.15) is 39.3 Å². The fourth-order valence-corrected chi connectivity index (χ4v) is 5.15. The van der Waals surface area contributed by atoms with Crippen molar-refractivity contribution in [2.45, 2.75) is 45.8 Å². The fraction of sp³-hybridized carbons (Fsp3) is 0.500. The van der Waals surface area contributed by atoms with Gasteiger partial charge < -0.3 is 20.3 Å². The molecule has 2 atom stereocenters. The molecule has 0 spiro atoms. The van der Waals surface area contributed by atoms with Crippen molar-refractivity contribution in [2.75, 3.05) is 39.3 Å². The number of urea groups is 2. The first-order valence-corrected chi connectivity index (χ1v) is 13.2. The second-order valence-corrected chi connectivity index (χ2v) is 10.3. The zero-order valence-electron chi connectivity index (χ0n) is 21.7. The molecule has 4 amide bonds. The Kier molecular flexibility index (Phi) is 9.87. The highest BCUT2D eigenvalue weighted by atomic mass is 35.5. The zero-order valence-corrected chi connectivity index (χ0v) is 23.2. The summed E-state index contributed by atoms with van der Waals surface area (Å²) < 4.78 is 5.43. The molecule has 9 nitrogen and oxygen atoms in total. The van der Waals surface area contributed by atoms with Crippen LogP contribution in [0.15, 0.2) is 42.1 Å². The zero-order chi connectivity index (χ0) is 27.3. The largest absolute Gasteiger partial charge is 0.463 e. The van der Waals surface area contributed by atoms with E-state index in [1.165, 1.54) is 4.90 Å². The molecule has 0 bridgehead atoms. The number of nitrogens with one attached hydrogen (secondary N) is 2. The van der Waals surface area contributed by atoms with Crippen molar-refractivity contribution < 1.29 is 19.1 Å². The van der Waals surface area contributed by atoms with Crippen LogP contribution in [0.25, 0.3) is 0 Å². The van der Waals surface area contributed by atoms with Gasteiger partial charge in [0.1, 0.15) is 0 Å². The molecule has 3 rings (SSSR count). The molecule has 1 aromatic rings. The molecule has 1 fully saturated rings. The second kappa shape index (κ2) is 12.7. The van der Waals surface area contributed by atoms with Gasteiger partial charge in [-0.2, -0.15) is 0 Å². The number of carbonyl (C=O) groups is 3. The van der Waals surface area contributed by atoms with E-state index in [-0.39, 0.29) is 37.3 Å². The molecule has 2 heterocycles. The van der Waals surface area contributed by atoms with E-state index in [2.05, 4.69) is 22.1 Å². The Morgan fingerprint density at radius 3 is 2.62 bits per heavy atom. The highest BCUT2D eigenvalue weighted by molar-refractivity contribution is 6.35. The first-order valence-electron chi connectivity index (χ1n) is 12.4. The van der Waals surface area contributed by atoms with E-state index in [0.717, 1.165) is 0 Å². The minimum Gasteiger partial charge on any atom is -0.463 e. The summed E-state index contributed by atoms with van der Waals surface area (Å²) in [6, 6.07) is 3.62. The third-order valence-electron chi connectivity index (χ3n) is 6.28. The lowest BCUT2D eigenvalue weighted by molar-refractivity contribution is -0.139. The van der Waals surface area contributed by atoms with Crippen LogP contribution < -0.4 is 10.6 Å². The number of ether oxygens (including phenoxy) is 1. The summed E-state index contributed by atoms with van der Waals surface area (Å²) in [6.07, 6.45) is 1.61. The van der Waals surface area contributed by atoms with Gasteiger partial charge >= 0.3 is 18.0 Å². The molecule has 1 saturated heterocycles. The quantitative estimate of drug-likeness (QED) is 0.373. The van der Waals surface area contributed by atoms with Crippen LogP contribution >= 0.6 is 23.2 Å². The van der Waals surface area contributed by atoms with Crippen LogP contribution in [-0.2, 0) is 9.53 Å². The van der Waals surface area contributed by atoms with Crippen LogP contribution in [0.5, 0.6) is 0 Å². The maximum absolute atomic E-state index is 13.3. The number of carbonyl (C=O) groups excluding carboxylic acids is 3. The van der Waals surface area contributed by atoms with Crippen molar-refractivity contribution >= 4 is 41.2 Å². The highest BCUT2D eigenvalue weighted by Gasteiger charge is 2.40. The highest BCUT2D eigenvalue weighted by Crippen LogP contribution is 2.36. The number of nitrogens with zero attached hydrogens (tertiary/aromatic N) is 3. The summed E-state index contributed by atoms with van der Waals surface area (Å²) in [5.41, 5.74) is 1.37. The van der Waals surface area contributed by atoms with Gasteiger partial charge in [0.15, 0.2) is 0 Å². The molecule has 2 aliphatic heterocycles. The van der Waals surface area contributed by atoms with Crippen LogP contribution in [0, 0.1) is 0 Å². The normalized spacial score (nSPS) is 20.7. The van der Waals surface area contributed by atoms with E-state index in [9.17, 15) is 14.4 Å². The summed E-state index contributed by atoms with van der Waals surface area (Å²) in [5.74, 6) is -0.537. The topological polar surface area (TPSA) is 94.2 Å². The van der Waals surface area contributed by atoms with Gasteiger partial charge in [0.2, 0.25) is 0 Å². The Bertz CT molecular complexity index is 1080. The molecule has 0 unspecified atom stereocenters. The standard InChI is InChI=1S/C26H35Cl2N5O4/c1-6-10-33-21(15-31-11-12-32(17(5)14-31)25(35)29-16(3)4)22(24(34)37-7-2)23(30-26(33)36)19-9-8-18(27)13-20(19)28/h6,8-9,13,16-17,23H,1,7,10-12,14-15H2,2-5H3,(H,29,35)(H,30,36)/t17-,23+/m1/s1. The van der Waals surface area contributed by atoms with E-state index in [1.54, 1.807) is 31.2 Å². The Labute approximate surface area is 228 Å². The van der Waals surface area contributed by atoms with Gasteiger partial charge in [-0.05, 0) is 45.4 Å². The minimum atomic E-state index is -0.817. The van der Waals surface area contributed by atoms with Gasteiger partial charge in [-0.15, -0.1) is 6.58 Å². The molecule has 2 N–H and O–H groups in total.